The molecule has 0 aliphatic heterocycles. The first-order valence-corrected chi connectivity index (χ1v) is 13.4. The standard InChI is InChI=1S/C23H30O4Si/c1-28(2,3)15-14-26-23(25)21(16-19-10-6-4-7-11-19)17-22(24)27-18-20-12-8-5-9-13-20/h4-13,21H,14-18H2,1-3H3/t21-/m1/s1. The molecule has 28 heavy (non-hydrogen) atoms. The molecule has 4 nitrogen and oxygen atoms in total. The average molecular weight is 399 g/mol. The minimum absolute atomic E-state index is 0.0213. The summed E-state index contributed by atoms with van der Waals surface area (Å²) >= 11 is 0. The average Bonchev–Trinajstić information content (AvgIpc) is 2.66. The summed E-state index contributed by atoms with van der Waals surface area (Å²) < 4.78 is 10.9. The van der Waals surface area contributed by atoms with Crippen LogP contribution in [0.4, 0.5) is 0 Å². The second kappa shape index (κ2) is 10.8. The van der Waals surface area contributed by atoms with E-state index in [1.54, 1.807) is 0 Å². The summed E-state index contributed by atoms with van der Waals surface area (Å²) in [4.78, 5) is 25.0. The molecule has 0 aliphatic carbocycles. The molecule has 0 saturated carbocycles. The van der Waals surface area contributed by atoms with Crippen molar-refractivity contribution in [2.75, 3.05) is 6.61 Å². The highest BCUT2D eigenvalue weighted by Crippen LogP contribution is 2.17. The van der Waals surface area contributed by atoms with E-state index in [2.05, 4.69) is 19.6 Å². The fraction of sp³-hybridized carbons (Fsp3) is 0.391. The van der Waals surface area contributed by atoms with Crippen molar-refractivity contribution in [2.24, 2.45) is 5.92 Å². The number of benzene rings is 2. The topological polar surface area (TPSA) is 52.6 Å². The van der Waals surface area contributed by atoms with Crippen LogP contribution >= 0.6 is 0 Å². The number of hydrogen-bond donors (Lipinski definition) is 0. The Bertz CT molecular complexity index is 738. The smallest absolute Gasteiger partial charge is 0.309 e. The van der Waals surface area contributed by atoms with Crippen molar-refractivity contribution in [2.45, 2.75) is 45.1 Å². The van der Waals surface area contributed by atoms with E-state index < -0.39 is 14.0 Å². The first kappa shape index (κ1) is 21.9. The Morgan fingerprint density at radius 2 is 1.43 bits per heavy atom. The summed E-state index contributed by atoms with van der Waals surface area (Å²) in [5.41, 5.74) is 1.93. The Morgan fingerprint density at radius 3 is 2.00 bits per heavy atom. The lowest BCUT2D eigenvalue weighted by Gasteiger charge is -2.19. The van der Waals surface area contributed by atoms with Crippen LogP contribution < -0.4 is 0 Å². The van der Waals surface area contributed by atoms with Crippen LogP contribution in [-0.4, -0.2) is 26.6 Å². The predicted octanol–water partition coefficient (Wildman–Crippen LogP) is 4.86. The molecule has 0 amide bonds. The molecule has 0 fully saturated rings. The molecule has 0 radical (unpaired) electrons. The van der Waals surface area contributed by atoms with E-state index >= 15 is 0 Å². The third-order valence-electron chi connectivity index (χ3n) is 4.41. The van der Waals surface area contributed by atoms with E-state index in [1.807, 2.05) is 60.7 Å². The maximum Gasteiger partial charge on any atom is 0.309 e. The maximum atomic E-state index is 12.6. The molecule has 5 heteroatoms. The minimum atomic E-state index is -1.28. The molecule has 0 aromatic heterocycles. The lowest BCUT2D eigenvalue weighted by atomic mass is 9.96. The van der Waals surface area contributed by atoms with Gasteiger partial charge in [0, 0.05) is 8.07 Å². The first-order valence-electron chi connectivity index (χ1n) is 9.73. The highest BCUT2D eigenvalue weighted by molar-refractivity contribution is 6.76. The van der Waals surface area contributed by atoms with Gasteiger partial charge in [-0.3, -0.25) is 9.59 Å². The highest BCUT2D eigenvalue weighted by Gasteiger charge is 2.25. The Hall–Kier alpha value is -2.40. The number of carbonyl (C=O) groups is 2. The Labute approximate surface area is 168 Å². The number of carbonyl (C=O) groups excluding carboxylic acids is 2. The van der Waals surface area contributed by atoms with Crippen LogP contribution in [0.2, 0.25) is 25.7 Å². The van der Waals surface area contributed by atoms with Gasteiger partial charge >= 0.3 is 11.9 Å². The summed E-state index contributed by atoms with van der Waals surface area (Å²) in [5.74, 6) is -1.24. The predicted molar refractivity (Wildman–Crippen MR) is 114 cm³/mol. The summed E-state index contributed by atoms with van der Waals surface area (Å²) in [6, 6.07) is 20.1. The van der Waals surface area contributed by atoms with Crippen molar-refractivity contribution in [1.29, 1.82) is 0 Å². The zero-order chi connectivity index (χ0) is 20.4. The van der Waals surface area contributed by atoms with Crippen LogP contribution in [0.15, 0.2) is 60.7 Å². The van der Waals surface area contributed by atoms with Gasteiger partial charge in [0.05, 0.1) is 18.9 Å². The molecule has 0 heterocycles. The van der Waals surface area contributed by atoms with Crippen LogP contribution in [0.25, 0.3) is 0 Å². The fourth-order valence-corrected chi connectivity index (χ4v) is 3.43. The molecule has 2 rings (SSSR count). The summed E-state index contributed by atoms with van der Waals surface area (Å²) in [6.07, 6.45) is 0.487. The lowest BCUT2D eigenvalue weighted by molar-refractivity contribution is -0.155. The summed E-state index contributed by atoms with van der Waals surface area (Å²) in [5, 5.41) is 0. The third kappa shape index (κ3) is 8.52. The monoisotopic (exact) mass is 398 g/mol. The second-order valence-electron chi connectivity index (χ2n) is 8.22. The van der Waals surface area contributed by atoms with Crippen LogP contribution in [0.1, 0.15) is 17.5 Å². The lowest BCUT2D eigenvalue weighted by Crippen LogP contribution is -2.27. The molecular weight excluding hydrogens is 368 g/mol. The van der Waals surface area contributed by atoms with Gasteiger partial charge in [0.1, 0.15) is 6.61 Å². The van der Waals surface area contributed by atoms with Gasteiger partial charge in [-0.15, -0.1) is 0 Å². The minimum Gasteiger partial charge on any atom is -0.466 e. The molecular formula is C23H30O4Si. The van der Waals surface area contributed by atoms with Gasteiger partial charge in [0.15, 0.2) is 0 Å². The van der Waals surface area contributed by atoms with E-state index in [4.69, 9.17) is 9.47 Å². The van der Waals surface area contributed by atoms with Gasteiger partial charge in [0.2, 0.25) is 0 Å². The molecule has 1 atom stereocenters. The summed E-state index contributed by atoms with van der Waals surface area (Å²) in [6.45, 7) is 7.34. The molecule has 0 aliphatic rings. The first-order chi connectivity index (χ1) is 13.3. The number of rotatable bonds is 10. The normalized spacial score (nSPS) is 12.2. The molecule has 150 valence electrons. The van der Waals surface area contributed by atoms with Crippen LogP contribution in [-0.2, 0) is 32.1 Å². The number of hydrogen-bond acceptors (Lipinski definition) is 4. The Balaban J connectivity index is 1.94. The second-order valence-corrected chi connectivity index (χ2v) is 13.8. The van der Waals surface area contributed by atoms with Crippen LogP contribution in [0.5, 0.6) is 0 Å². The van der Waals surface area contributed by atoms with E-state index in [9.17, 15) is 9.59 Å². The van der Waals surface area contributed by atoms with E-state index in [1.165, 1.54) is 0 Å². The van der Waals surface area contributed by atoms with Crippen molar-refractivity contribution < 1.29 is 19.1 Å². The quantitative estimate of drug-likeness (QED) is 0.424. The van der Waals surface area contributed by atoms with Gasteiger partial charge in [-0.2, -0.15) is 0 Å². The third-order valence-corrected chi connectivity index (χ3v) is 6.11. The SMILES string of the molecule is C[Si](C)(C)CCOC(=O)[C@@H](CC(=O)OCc1ccccc1)Cc1ccccc1. The molecule has 0 N–H and O–H groups in total. The molecule has 0 bridgehead atoms. The summed E-state index contributed by atoms with van der Waals surface area (Å²) in [7, 11) is -1.28. The maximum absolute atomic E-state index is 12.6. The molecule has 2 aromatic rings. The Morgan fingerprint density at radius 1 is 0.857 bits per heavy atom. The van der Waals surface area contributed by atoms with Crippen LogP contribution in [0.3, 0.4) is 0 Å². The van der Waals surface area contributed by atoms with Gasteiger partial charge in [0.25, 0.3) is 0 Å². The Kier molecular flexibility index (Phi) is 8.45. The van der Waals surface area contributed by atoms with Crippen molar-refractivity contribution in [3.05, 3.63) is 71.8 Å². The van der Waals surface area contributed by atoms with Gasteiger partial charge in [-0.05, 0) is 23.6 Å². The van der Waals surface area contributed by atoms with Crippen molar-refractivity contribution >= 4 is 20.0 Å². The van der Waals surface area contributed by atoms with Gasteiger partial charge < -0.3 is 9.47 Å². The number of ether oxygens (including phenoxy) is 2. The van der Waals surface area contributed by atoms with Gasteiger partial charge in [-0.25, -0.2) is 0 Å². The van der Waals surface area contributed by atoms with E-state index in [-0.39, 0.29) is 25.0 Å². The van der Waals surface area contributed by atoms with Gasteiger partial charge in [-0.1, -0.05) is 80.3 Å². The molecule has 0 saturated heterocycles. The van der Waals surface area contributed by atoms with Crippen molar-refractivity contribution in [3.63, 3.8) is 0 Å². The zero-order valence-corrected chi connectivity index (χ0v) is 18.0. The molecule has 0 spiro atoms. The zero-order valence-electron chi connectivity index (χ0n) is 17.0. The molecule has 2 aromatic carbocycles. The molecule has 0 unspecified atom stereocenters. The number of esters is 2. The fourth-order valence-electron chi connectivity index (χ4n) is 2.71. The van der Waals surface area contributed by atoms with Crippen LogP contribution in [0, 0.1) is 5.92 Å². The van der Waals surface area contributed by atoms with Crippen molar-refractivity contribution in [1.82, 2.24) is 0 Å². The highest BCUT2D eigenvalue weighted by atomic mass is 28.3. The van der Waals surface area contributed by atoms with E-state index in [0.717, 1.165) is 17.2 Å². The largest absolute Gasteiger partial charge is 0.466 e. The van der Waals surface area contributed by atoms with Crippen molar-refractivity contribution in [3.8, 4) is 0 Å². The van der Waals surface area contributed by atoms with E-state index in [0.29, 0.717) is 13.0 Å².